The van der Waals surface area contributed by atoms with Crippen LogP contribution in [0, 0.1) is 5.92 Å². The predicted molar refractivity (Wildman–Crippen MR) is 54.5 cm³/mol. The van der Waals surface area contributed by atoms with Crippen LogP contribution in [0.3, 0.4) is 0 Å². The van der Waals surface area contributed by atoms with E-state index in [0.717, 1.165) is 30.9 Å². The predicted octanol–water partition coefficient (Wildman–Crippen LogP) is 1.36. The Morgan fingerprint density at radius 3 is 2.64 bits per heavy atom. The van der Waals surface area contributed by atoms with Crippen LogP contribution in [0.1, 0.15) is 22.3 Å². The van der Waals surface area contributed by atoms with Crippen LogP contribution in [0.2, 0.25) is 0 Å². The summed E-state index contributed by atoms with van der Waals surface area (Å²) in [4.78, 5) is 10.5. The number of aldehydes is 1. The molecule has 2 heteroatoms. The summed E-state index contributed by atoms with van der Waals surface area (Å²) in [7, 11) is 0. The van der Waals surface area contributed by atoms with Crippen LogP contribution < -0.4 is 5.32 Å². The summed E-state index contributed by atoms with van der Waals surface area (Å²) in [5.74, 6) is 0.838. The number of benzene rings is 1. The topological polar surface area (TPSA) is 29.1 Å². The van der Waals surface area contributed by atoms with Gasteiger partial charge in [0.25, 0.3) is 0 Å². The zero-order chi connectivity index (χ0) is 9.60. The molecule has 1 heterocycles. The maximum atomic E-state index is 10.5. The van der Waals surface area contributed by atoms with Gasteiger partial charge in [-0.25, -0.2) is 0 Å². The summed E-state index contributed by atoms with van der Waals surface area (Å²) >= 11 is 0. The van der Waals surface area contributed by atoms with Crippen molar-refractivity contribution in [3.8, 4) is 0 Å². The Labute approximate surface area is 83.3 Å². The Balaban J connectivity index is 1.94. The van der Waals surface area contributed by atoms with Gasteiger partial charge in [0.2, 0.25) is 0 Å². The van der Waals surface area contributed by atoms with E-state index >= 15 is 0 Å². The van der Waals surface area contributed by atoms with Crippen molar-refractivity contribution < 1.29 is 4.79 Å². The lowest BCUT2D eigenvalue weighted by molar-refractivity contribution is 0.112. The lowest BCUT2D eigenvalue weighted by atomic mass is 9.94. The van der Waals surface area contributed by atoms with E-state index in [0.29, 0.717) is 5.41 Å². The molecule has 2 atom stereocenters. The number of hydrogen-bond donors (Lipinski definition) is 1. The first-order valence-electron chi connectivity index (χ1n) is 5.12. The number of hydrogen-bond acceptors (Lipinski definition) is 2. The maximum Gasteiger partial charge on any atom is 0.150 e. The summed E-state index contributed by atoms with van der Waals surface area (Å²) in [5, 5.41) is 3.42. The van der Waals surface area contributed by atoms with Gasteiger partial charge in [0.1, 0.15) is 6.29 Å². The molecule has 2 aliphatic rings. The van der Waals surface area contributed by atoms with Crippen molar-refractivity contribution >= 4 is 6.29 Å². The molecule has 14 heavy (non-hydrogen) atoms. The molecule has 1 saturated heterocycles. The van der Waals surface area contributed by atoms with Gasteiger partial charge in [-0.1, -0.05) is 24.3 Å². The van der Waals surface area contributed by atoms with Gasteiger partial charge in [-0.2, -0.15) is 0 Å². The molecular formula is C12H13NO. The average Bonchev–Trinajstić information content (AvgIpc) is 2.82. The first-order valence-corrected chi connectivity index (χ1v) is 5.12. The summed E-state index contributed by atoms with van der Waals surface area (Å²) in [6.07, 6.45) is 2.22. The van der Waals surface area contributed by atoms with Gasteiger partial charge >= 0.3 is 0 Å². The maximum absolute atomic E-state index is 10.5. The molecule has 0 amide bonds. The molecule has 0 bridgehead atoms. The van der Waals surface area contributed by atoms with Gasteiger partial charge in [-0.05, 0) is 24.4 Å². The van der Waals surface area contributed by atoms with Crippen LogP contribution in [0.5, 0.6) is 0 Å². The average molecular weight is 187 g/mol. The SMILES string of the molecule is O=Cc1ccc(C23CNCC2C3)cc1. The molecule has 0 spiro atoms. The summed E-state index contributed by atoms with van der Waals surface area (Å²) in [6.45, 7) is 2.27. The molecule has 1 aliphatic heterocycles. The zero-order valence-corrected chi connectivity index (χ0v) is 7.99. The first-order chi connectivity index (χ1) is 6.85. The molecule has 2 nitrogen and oxygen atoms in total. The van der Waals surface area contributed by atoms with Crippen molar-refractivity contribution in [2.45, 2.75) is 11.8 Å². The fourth-order valence-corrected chi connectivity index (χ4v) is 2.68. The molecule has 2 unspecified atom stereocenters. The Morgan fingerprint density at radius 1 is 1.36 bits per heavy atom. The molecule has 1 saturated carbocycles. The largest absolute Gasteiger partial charge is 0.316 e. The van der Waals surface area contributed by atoms with Gasteiger partial charge in [-0.15, -0.1) is 0 Å². The molecule has 1 N–H and O–H groups in total. The highest BCUT2D eigenvalue weighted by molar-refractivity contribution is 5.74. The monoisotopic (exact) mass is 187 g/mol. The fraction of sp³-hybridized carbons (Fsp3) is 0.417. The van der Waals surface area contributed by atoms with Crippen molar-refractivity contribution in [3.05, 3.63) is 35.4 Å². The third-order valence-corrected chi connectivity index (χ3v) is 3.68. The van der Waals surface area contributed by atoms with Crippen molar-refractivity contribution in [2.24, 2.45) is 5.92 Å². The van der Waals surface area contributed by atoms with Gasteiger partial charge in [-0.3, -0.25) is 4.79 Å². The molecule has 1 aliphatic carbocycles. The van der Waals surface area contributed by atoms with Crippen LogP contribution in [0.15, 0.2) is 24.3 Å². The Morgan fingerprint density at radius 2 is 2.14 bits per heavy atom. The van der Waals surface area contributed by atoms with E-state index in [9.17, 15) is 4.79 Å². The highest BCUT2D eigenvalue weighted by Crippen LogP contribution is 2.56. The number of piperidine rings is 1. The number of rotatable bonds is 2. The summed E-state index contributed by atoms with van der Waals surface area (Å²) < 4.78 is 0. The lowest BCUT2D eigenvalue weighted by Crippen LogP contribution is -2.19. The fourth-order valence-electron chi connectivity index (χ4n) is 2.68. The number of carbonyl (C=O) groups excluding carboxylic acids is 1. The van der Waals surface area contributed by atoms with E-state index in [1.807, 2.05) is 12.1 Å². The molecular weight excluding hydrogens is 174 g/mol. The van der Waals surface area contributed by atoms with Crippen LogP contribution in [-0.2, 0) is 5.41 Å². The molecule has 72 valence electrons. The molecule has 1 aromatic carbocycles. The lowest BCUT2D eigenvalue weighted by Gasteiger charge is -2.11. The zero-order valence-electron chi connectivity index (χ0n) is 7.99. The summed E-state index contributed by atoms with van der Waals surface area (Å²) in [6, 6.07) is 8.06. The third-order valence-electron chi connectivity index (χ3n) is 3.68. The highest BCUT2D eigenvalue weighted by Gasteiger charge is 2.57. The minimum atomic E-state index is 0.418. The Kier molecular flexibility index (Phi) is 1.56. The van der Waals surface area contributed by atoms with Crippen LogP contribution in [-0.4, -0.2) is 19.4 Å². The molecule has 1 aromatic rings. The molecule has 0 radical (unpaired) electrons. The number of nitrogens with one attached hydrogen (secondary N) is 1. The van der Waals surface area contributed by atoms with Crippen molar-refractivity contribution in [3.63, 3.8) is 0 Å². The van der Waals surface area contributed by atoms with Crippen LogP contribution in [0.25, 0.3) is 0 Å². The Bertz CT molecular complexity index is 370. The Hall–Kier alpha value is -1.15. The van der Waals surface area contributed by atoms with Crippen molar-refractivity contribution in [1.82, 2.24) is 5.32 Å². The van der Waals surface area contributed by atoms with Gasteiger partial charge < -0.3 is 5.32 Å². The minimum absolute atomic E-state index is 0.418. The van der Waals surface area contributed by atoms with Gasteiger partial charge in [0, 0.05) is 17.5 Å². The summed E-state index contributed by atoms with van der Waals surface area (Å²) in [5.41, 5.74) is 2.59. The van der Waals surface area contributed by atoms with E-state index in [-0.39, 0.29) is 0 Å². The normalized spacial score (nSPS) is 33.9. The van der Waals surface area contributed by atoms with Gasteiger partial charge in [0.15, 0.2) is 0 Å². The van der Waals surface area contributed by atoms with Crippen molar-refractivity contribution in [2.75, 3.05) is 13.1 Å². The van der Waals surface area contributed by atoms with E-state index < -0.39 is 0 Å². The van der Waals surface area contributed by atoms with Crippen LogP contribution in [0.4, 0.5) is 0 Å². The van der Waals surface area contributed by atoms with E-state index in [4.69, 9.17) is 0 Å². The third kappa shape index (κ3) is 0.976. The second-order valence-electron chi connectivity index (χ2n) is 4.43. The minimum Gasteiger partial charge on any atom is -0.316 e. The molecule has 3 rings (SSSR count). The van der Waals surface area contributed by atoms with E-state index in [2.05, 4.69) is 17.4 Å². The second-order valence-corrected chi connectivity index (χ2v) is 4.43. The smallest absolute Gasteiger partial charge is 0.150 e. The quantitative estimate of drug-likeness (QED) is 0.708. The van der Waals surface area contributed by atoms with E-state index in [1.54, 1.807) is 0 Å². The second kappa shape index (κ2) is 2.67. The van der Waals surface area contributed by atoms with Crippen LogP contribution >= 0.6 is 0 Å². The molecule has 0 aromatic heterocycles. The van der Waals surface area contributed by atoms with Gasteiger partial charge in [0.05, 0.1) is 0 Å². The highest BCUT2D eigenvalue weighted by atomic mass is 16.1. The molecule has 2 fully saturated rings. The van der Waals surface area contributed by atoms with Crippen molar-refractivity contribution in [1.29, 1.82) is 0 Å². The number of carbonyl (C=O) groups is 1. The number of fused-ring (bicyclic) bond motifs is 1. The van der Waals surface area contributed by atoms with E-state index in [1.165, 1.54) is 12.0 Å². The standard InChI is InChI=1S/C12H13NO/c14-7-9-1-3-10(4-2-9)12-5-11(12)6-13-8-12/h1-4,7,11,13H,5-6,8H2. The first kappa shape index (κ1) is 8.18.